The van der Waals surface area contributed by atoms with E-state index in [9.17, 15) is 0 Å². The first-order valence-electron chi connectivity index (χ1n) is 5.47. The van der Waals surface area contributed by atoms with Crippen LogP contribution in [0.1, 0.15) is 30.6 Å². The molecule has 2 rings (SSSR count). The van der Waals surface area contributed by atoms with E-state index >= 15 is 0 Å². The monoisotopic (exact) mass is 251 g/mol. The van der Waals surface area contributed by atoms with Crippen molar-refractivity contribution >= 4 is 11.6 Å². The van der Waals surface area contributed by atoms with Crippen molar-refractivity contribution < 1.29 is 0 Å². The summed E-state index contributed by atoms with van der Waals surface area (Å²) in [5, 5.41) is 8.46. The van der Waals surface area contributed by atoms with Crippen LogP contribution < -0.4 is 5.73 Å². The summed E-state index contributed by atoms with van der Waals surface area (Å²) in [4.78, 5) is 3.94. The Hall–Kier alpha value is -1.46. The fourth-order valence-electron chi connectivity index (χ4n) is 1.69. The van der Waals surface area contributed by atoms with E-state index < -0.39 is 0 Å². The molecule has 6 heteroatoms. The topological polar surface area (TPSA) is 69.6 Å². The highest BCUT2D eigenvalue weighted by Crippen LogP contribution is 2.24. The third-order valence-electron chi connectivity index (χ3n) is 2.54. The van der Waals surface area contributed by atoms with E-state index in [0.717, 1.165) is 24.2 Å². The fourth-order valence-corrected chi connectivity index (χ4v) is 1.93. The smallest absolute Gasteiger partial charge is 0.0800 e. The molecule has 0 aliphatic carbocycles. The van der Waals surface area contributed by atoms with E-state index in [4.69, 9.17) is 17.3 Å². The van der Waals surface area contributed by atoms with Gasteiger partial charge in [-0.1, -0.05) is 23.7 Å². The van der Waals surface area contributed by atoms with Crippen LogP contribution in [0.4, 0.5) is 0 Å². The number of rotatable bonds is 4. The third kappa shape index (κ3) is 2.45. The number of hydrogen-bond donors (Lipinski definition) is 1. The van der Waals surface area contributed by atoms with Gasteiger partial charge in [-0.05, 0) is 18.1 Å². The van der Waals surface area contributed by atoms with Gasteiger partial charge in [0.25, 0.3) is 0 Å². The Morgan fingerprint density at radius 1 is 1.47 bits per heavy atom. The average molecular weight is 252 g/mol. The molecule has 2 heterocycles. The predicted octanol–water partition coefficient (Wildman–Crippen LogP) is 1.78. The van der Waals surface area contributed by atoms with Gasteiger partial charge >= 0.3 is 0 Å². The van der Waals surface area contributed by atoms with Gasteiger partial charge in [0.15, 0.2) is 0 Å². The van der Waals surface area contributed by atoms with Crippen LogP contribution in [0.3, 0.4) is 0 Å². The SMILES string of the molecule is CCCn1nncc1C(N)c1ccncc1Cl. The molecule has 2 aromatic rings. The van der Waals surface area contributed by atoms with Gasteiger partial charge in [0.1, 0.15) is 0 Å². The molecule has 0 amide bonds. The maximum Gasteiger partial charge on any atom is 0.0800 e. The van der Waals surface area contributed by atoms with Crippen molar-refractivity contribution in [1.82, 2.24) is 20.0 Å². The highest BCUT2D eigenvalue weighted by Gasteiger charge is 2.17. The quantitative estimate of drug-likeness (QED) is 0.899. The van der Waals surface area contributed by atoms with Crippen LogP contribution in [0.5, 0.6) is 0 Å². The molecule has 0 fully saturated rings. The number of nitrogens with two attached hydrogens (primary N) is 1. The Kier molecular flexibility index (Phi) is 3.71. The van der Waals surface area contributed by atoms with Crippen molar-refractivity contribution in [3.05, 3.63) is 40.9 Å². The summed E-state index contributed by atoms with van der Waals surface area (Å²) in [6.07, 6.45) is 5.92. The first-order valence-corrected chi connectivity index (χ1v) is 5.85. The molecule has 2 aromatic heterocycles. The summed E-state index contributed by atoms with van der Waals surface area (Å²) in [6.45, 7) is 2.88. The molecule has 2 N–H and O–H groups in total. The van der Waals surface area contributed by atoms with Crippen LogP contribution >= 0.6 is 11.6 Å². The average Bonchev–Trinajstić information content (AvgIpc) is 2.78. The Bertz CT molecular complexity index is 496. The van der Waals surface area contributed by atoms with Gasteiger partial charge in [-0.3, -0.25) is 4.98 Å². The van der Waals surface area contributed by atoms with E-state index in [1.165, 1.54) is 0 Å². The molecule has 90 valence electrons. The number of aromatic nitrogens is 4. The lowest BCUT2D eigenvalue weighted by atomic mass is 10.1. The third-order valence-corrected chi connectivity index (χ3v) is 2.86. The van der Waals surface area contributed by atoms with Gasteiger partial charge in [0, 0.05) is 18.9 Å². The molecule has 0 spiro atoms. The molecule has 0 radical (unpaired) electrons. The second-order valence-electron chi connectivity index (χ2n) is 3.76. The molecule has 0 saturated carbocycles. The lowest BCUT2D eigenvalue weighted by Crippen LogP contribution is -2.18. The maximum absolute atomic E-state index is 6.18. The molecular weight excluding hydrogens is 238 g/mol. The highest BCUT2D eigenvalue weighted by atomic mass is 35.5. The molecule has 5 nitrogen and oxygen atoms in total. The second kappa shape index (κ2) is 5.25. The number of pyridine rings is 1. The minimum Gasteiger partial charge on any atom is -0.319 e. The van der Waals surface area contributed by atoms with Crippen molar-refractivity contribution in [3.8, 4) is 0 Å². The van der Waals surface area contributed by atoms with Crippen LogP contribution in [-0.2, 0) is 6.54 Å². The van der Waals surface area contributed by atoms with Gasteiger partial charge in [0.05, 0.1) is 23.0 Å². The van der Waals surface area contributed by atoms with E-state index in [2.05, 4.69) is 22.2 Å². The summed E-state index contributed by atoms with van der Waals surface area (Å²) in [7, 11) is 0. The van der Waals surface area contributed by atoms with Crippen LogP contribution in [0.15, 0.2) is 24.7 Å². The van der Waals surface area contributed by atoms with Crippen molar-refractivity contribution in [2.75, 3.05) is 0 Å². The Morgan fingerprint density at radius 3 is 3.00 bits per heavy atom. The van der Waals surface area contributed by atoms with Gasteiger partial charge < -0.3 is 5.73 Å². The molecule has 0 aromatic carbocycles. The van der Waals surface area contributed by atoms with E-state index in [1.54, 1.807) is 23.3 Å². The number of halogens is 1. The van der Waals surface area contributed by atoms with Crippen LogP contribution in [0.25, 0.3) is 0 Å². The van der Waals surface area contributed by atoms with Gasteiger partial charge in [0.2, 0.25) is 0 Å². The predicted molar refractivity (Wildman–Crippen MR) is 65.6 cm³/mol. The van der Waals surface area contributed by atoms with Crippen molar-refractivity contribution in [3.63, 3.8) is 0 Å². The summed E-state index contributed by atoms with van der Waals surface area (Å²) in [5.41, 5.74) is 7.88. The molecule has 1 unspecified atom stereocenters. The highest BCUT2D eigenvalue weighted by molar-refractivity contribution is 6.31. The number of aryl methyl sites for hydroxylation is 1. The summed E-state index contributed by atoms with van der Waals surface area (Å²) < 4.78 is 1.81. The molecule has 0 aliphatic rings. The number of hydrogen-bond acceptors (Lipinski definition) is 4. The molecule has 0 bridgehead atoms. The van der Waals surface area contributed by atoms with Gasteiger partial charge in [-0.2, -0.15) is 0 Å². The number of nitrogens with zero attached hydrogens (tertiary/aromatic N) is 4. The van der Waals surface area contributed by atoms with Crippen LogP contribution in [-0.4, -0.2) is 20.0 Å². The first kappa shape index (κ1) is 12.0. The van der Waals surface area contributed by atoms with E-state index in [0.29, 0.717) is 5.02 Å². The standard InChI is InChI=1S/C11H14ClN5/c1-2-5-17-10(7-15-16-17)11(13)8-3-4-14-6-9(8)12/h3-4,6-7,11H,2,5,13H2,1H3. The molecule has 0 saturated heterocycles. The normalized spacial score (nSPS) is 12.6. The molecule has 0 aliphatic heterocycles. The fraction of sp³-hybridized carbons (Fsp3) is 0.364. The lowest BCUT2D eigenvalue weighted by molar-refractivity contribution is 0.543. The summed E-state index contributed by atoms with van der Waals surface area (Å²) in [6, 6.07) is 1.49. The van der Waals surface area contributed by atoms with Crippen LogP contribution in [0, 0.1) is 0 Å². The minimum absolute atomic E-state index is 0.327. The Morgan fingerprint density at radius 2 is 2.29 bits per heavy atom. The van der Waals surface area contributed by atoms with Crippen molar-refractivity contribution in [2.24, 2.45) is 5.73 Å². The minimum atomic E-state index is -0.327. The molecule has 17 heavy (non-hydrogen) atoms. The Balaban J connectivity index is 2.34. The van der Waals surface area contributed by atoms with Gasteiger partial charge in [-0.15, -0.1) is 5.10 Å². The van der Waals surface area contributed by atoms with Crippen molar-refractivity contribution in [2.45, 2.75) is 25.9 Å². The van der Waals surface area contributed by atoms with Gasteiger partial charge in [-0.25, -0.2) is 4.68 Å². The van der Waals surface area contributed by atoms with E-state index in [1.807, 2.05) is 6.07 Å². The van der Waals surface area contributed by atoms with Crippen LogP contribution in [0.2, 0.25) is 5.02 Å². The Labute approximate surface area is 105 Å². The zero-order chi connectivity index (χ0) is 12.3. The van der Waals surface area contributed by atoms with Crippen molar-refractivity contribution in [1.29, 1.82) is 0 Å². The summed E-state index contributed by atoms with van der Waals surface area (Å²) >= 11 is 6.07. The summed E-state index contributed by atoms with van der Waals surface area (Å²) in [5.74, 6) is 0. The maximum atomic E-state index is 6.18. The zero-order valence-corrected chi connectivity index (χ0v) is 10.3. The molecule has 1 atom stereocenters. The zero-order valence-electron chi connectivity index (χ0n) is 9.55. The van der Waals surface area contributed by atoms with E-state index in [-0.39, 0.29) is 6.04 Å². The largest absolute Gasteiger partial charge is 0.319 e. The second-order valence-corrected chi connectivity index (χ2v) is 4.16. The molecular formula is C11H14ClN5. The lowest BCUT2D eigenvalue weighted by Gasteiger charge is -2.14. The first-order chi connectivity index (χ1) is 8.24.